The van der Waals surface area contributed by atoms with Crippen LogP contribution in [0.15, 0.2) is 46.9 Å². The zero-order chi connectivity index (χ0) is 15.2. The summed E-state index contributed by atoms with van der Waals surface area (Å²) in [6.45, 7) is 2.27. The summed E-state index contributed by atoms with van der Waals surface area (Å²) in [5.41, 5.74) is 1.17. The third kappa shape index (κ3) is 4.29. The first kappa shape index (κ1) is 15.5. The first-order valence-electron chi connectivity index (χ1n) is 6.38. The number of aryl methyl sites for hydroxylation is 1. The second kappa shape index (κ2) is 7.22. The lowest BCUT2D eigenvalue weighted by molar-refractivity contribution is 0.0448. The maximum Gasteiger partial charge on any atom is 0.339 e. The summed E-state index contributed by atoms with van der Waals surface area (Å²) in [6.07, 6.45) is 0. The molecule has 110 valence electrons. The lowest BCUT2D eigenvalue weighted by Gasteiger charge is -2.10. The monoisotopic (exact) mass is 352 g/mol. The second-order valence-corrected chi connectivity index (χ2v) is 5.23. The van der Waals surface area contributed by atoms with E-state index in [1.54, 1.807) is 0 Å². The van der Waals surface area contributed by atoms with E-state index in [0.29, 0.717) is 4.47 Å². The molecule has 0 saturated carbocycles. The molecule has 5 heteroatoms. The Kier molecular flexibility index (Phi) is 5.33. The molecular formula is C16H14BrFO3. The van der Waals surface area contributed by atoms with Gasteiger partial charge in [0.15, 0.2) is 0 Å². The molecular weight excluding hydrogens is 339 g/mol. The number of para-hydroxylation sites is 1. The average molecular weight is 353 g/mol. The van der Waals surface area contributed by atoms with Gasteiger partial charge in [-0.05, 0) is 52.7 Å². The number of carbonyl (C=O) groups excluding carboxylic acids is 1. The molecule has 0 unspecified atom stereocenters. The van der Waals surface area contributed by atoms with Crippen molar-refractivity contribution in [1.82, 2.24) is 0 Å². The van der Waals surface area contributed by atoms with Crippen molar-refractivity contribution in [2.75, 3.05) is 13.2 Å². The predicted octanol–water partition coefficient (Wildman–Crippen LogP) is 4.13. The molecule has 0 radical (unpaired) electrons. The van der Waals surface area contributed by atoms with Crippen molar-refractivity contribution in [2.24, 2.45) is 0 Å². The van der Waals surface area contributed by atoms with Gasteiger partial charge in [0.25, 0.3) is 0 Å². The van der Waals surface area contributed by atoms with E-state index in [0.717, 1.165) is 17.4 Å². The highest BCUT2D eigenvalue weighted by molar-refractivity contribution is 9.10. The Hall–Kier alpha value is -1.88. The van der Waals surface area contributed by atoms with Crippen LogP contribution in [-0.2, 0) is 4.74 Å². The number of hydrogen-bond acceptors (Lipinski definition) is 3. The molecule has 3 nitrogen and oxygen atoms in total. The molecule has 0 spiro atoms. The SMILES string of the molecule is Cc1ccccc1OCCOC(=O)c1cc(F)ccc1Br. The van der Waals surface area contributed by atoms with Crippen molar-refractivity contribution in [2.45, 2.75) is 6.92 Å². The van der Waals surface area contributed by atoms with E-state index >= 15 is 0 Å². The summed E-state index contributed by atoms with van der Waals surface area (Å²) in [7, 11) is 0. The zero-order valence-corrected chi connectivity index (χ0v) is 13.0. The van der Waals surface area contributed by atoms with Crippen LogP contribution in [0.3, 0.4) is 0 Å². The third-order valence-corrected chi connectivity index (χ3v) is 3.51. The fraction of sp³-hybridized carbons (Fsp3) is 0.188. The molecule has 0 aliphatic carbocycles. The van der Waals surface area contributed by atoms with Crippen molar-refractivity contribution in [1.29, 1.82) is 0 Å². The van der Waals surface area contributed by atoms with Crippen LogP contribution in [0.25, 0.3) is 0 Å². The lowest BCUT2D eigenvalue weighted by Crippen LogP contribution is -2.13. The Morgan fingerprint density at radius 3 is 2.71 bits per heavy atom. The Morgan fingerprint density at radius 1 is 1.19 bits per heavy atom. The van der Waals surface area contributed by atoms with Crippen LogP contribution in [-0.4, -0.2) is 19.2 Å². The maximum absolute atomic E-state index is 13.1. The van der Waals surface area contributed by atoms with Gasteiger partial charge >= 0.3 is 5.97 Å². The molecule has 21 heavy (non-hydrogen) atoms. The number of carbonyl (C=O) groups is 1. The van der Waals surface area contributed by atoms with E-state index < -0.39 is 11.8 Å². The molecule has 0 aliphatic rings. The number of hydrogen-bond donors (Lipinski definition) is 0. The summed E-state index contributed by atoms with van der Waals surface area (Å²) in [5.74, 6) is -0.323. The largest absolute Gasteiger partial charge is 0.490 e. The fourth-order valence-electron chi connectivity index (χ4n) is 1.74. The predicted molar refractivity (Wildman–Crippen MR) is 81.1 cm³/mol. The summed E-state index contributed by atoms with van der Waals surface area (Å²) in [5, 5.41) is 0. The van der Waals surface area contributed by atoms with Crippen LogP contribution in [0.5, 0.6) is 5.75 Å². The topological polar surface area (TPSA) is 35.5 Å². The van der Waals surface area contributed by atoms with Gasteiger partial charge in [0.1, 0.15) is 24.8 Å². The number of halogens is 2. The Bertz CT molecular complexity index is 643. The van der Waals surface area contributed by atoms with Crippen LogP contribution >= 0.6 is 15.9 Å². The Morgan fingerprint density at radius 2 is 1.95 bits per heavy atom. The first-order chi connectivity index (χ1) is 10.1. The van der Waals surface area contributed by atoms with Crippen LogP contribution in [0.2, 0.25) is 0 Å². The second-order valence-electron chi connectivity index (χ2n) is 4.37. The van der Waals surface area contributed by atoms with Gasteiger partial charge in [0.2, 0.25) is 0 Å². The van der Waals surface area contributed by atoms with Crippen molar-refractivity contribution >= 4 is 21.9 Å². The normalized spacial score (nSPS) is 10.2. The maximum atomic E-state index is 13.1. The van der Waals surface area contributed by atoms with E-state index in [1.165, 1.54) is 12.1 Å². The molecule has 2 aromatic carbocycles. The van der Waals surface area contributed by atoms with Gasteiger partial charge in [0, 0.05) is 4.47 Å². The molecule has 0 amide bonds. The standard InChI is InChI=1S/C16H14BrFO3/c1-11-4-2-3-5-15(11)20-8-9-21-16(19)13-10-12(18)6-7-14(13)17/h2-7,10H,8-9H2,1H3. The Balaban J connectivity index is 1.85. The van der Waals surface area contributed by atoms with Crippen molar-refractivity contribution in [3.8, 4) is 5.75 Å². The van der Waals surface area contributed by atoms with E-state index in [4.69, 9.17) is 9.47 Å². The lowest BCUT2D eigenvalue weighted by atomic mass is 10.2. The molecule has 2 rings (SSSR count). The van der Waals surface area contributed by atoms with Gasteiger partial charge in [-0.1, -0.05) is 18.2 Å². The average Bonchev–Trinajstić information content (AvgIpc) is 2.47. The molecule has 0 bridgehead atoms. The van der Waals surface area contributed by atoms with Crippen molar-refractivity contribution < 1.29 is 18.7 Å². The molecule has 0 saturated heterocycles. The molecule has 0 aromatic heterocycles. The minimum Gasteiger partial charge on any atom is -0.490 e. The quantitative estimate of drug-likeness (QED) is 0.599. The number of benzene rings is 2. The van der Waals surface area contributed by atoms with Gasteiger partial charge < -0.3 is 9.47 Å². The molecule has 0 aliphatic heterocycles. The molecule has 2 aromatic rings. The first-order valence-corrected chi connectivity index (χ1v) is 7.18. The van der Waals surface area contributed by atoms with Crippen molar-refractivity contribution in [3.05, 3.63) is 63.9 Å². The highest BCUT2D eigenvalue weighted by Crippen LogP contribution is 2.19. The van der Waals surface area contributed by atoms with Gasteiger partial charge in [0.05, 0.1) is 5.56 Å². The number of rotatable bonds is 5. The van der Waals surface area contributed by atoms with Crippen molar-refractivity contribution in [3.63, 3.8) is 0 Å². The fourth-order valence-corrected chi connectivity index (χ4v) is 2.14. The van der Waals surface area contributed by atoms with Crippen LogP contribution in [0.1, 0.15) is 15.9 Å². The minimum atomic E-state index is -0.588. The van der Waals surface area contributed by atoms with Gasteiger partial charge in [-0.15, -0.1) is 0 Å². The van der Waals surface area contributed by atoms with E-state index in [9.17, 15) is 9.18 Å². The summed E-state index contributed by atoms with van der Waals surface area (Å²) < 4.78 is 24.2. The minimum absolute atomic E-state index is 0.0934. The number of ether oxygens (including phenoxy) is 2. The highest BCUT2D eigenvalue weighted by Gasteiger charge is 2.12. The molecule has 0 atom stereocenters. The summed E-state index contributed by atoms with van der Waals surface area (Å²) >= 11 is 3.19. The van der Waals surface area contributed by atoms with E-state index in [-0.39, 0.29) is 18.8 Å². The van der Waals surface area contributed by atoms with Gasteiger partial charge in [-0.2, -0.15) is 0 Å². The molecule has 0 N–H and O–H groups in total. The summed E-state index contributed by atoms with van der Waals surface area (Å²) in [4.78, 5) is 11.8. The van der Waals surface area contributed by atoms with Crippen LogP contribution < -0.4 is 4.74 Å². The summed E-state index contributed by atoms with van der Waals surface area (Å²) in [6, 6.07) is 11.4. The Labute approximate surface area is 130 Å². The van der Waals surface area contributed by atoms with Gasteiger partial charge in [-0.25, -0.2) is 9.18 Å². The third-order valence-electron chi connectivity index (χ3n) is 2.82. The number of esters is 1. The molecule has 0 fully saturated rings. The van der Waals surface area contributed by atoms with Gasteiger partial charge in [-0.3, -0.25) is 0 Å². The van der Waals surface area contributed by atoms with Crippen LogP contribution in [0, 0.1) is 12.7 Å². The smallest absolute Gasteiger partial charge is 0.339 e. The van der Waals surface area contributed by atoms with E-state index in [2.05, 4.69) is 15.9 Å². The zero-order valence-electron chi connectivity index (χ0n) is 11.4. The molecule has 0 heterocycles. The van der Waals surface area contributed by atoms with Crippen LogP contribution in [0.4, 0.5) is 4.39 Å². The van der Waals surface area contributed by atoms with E-state index in [1.807, 2.05) is 31.2 Å². The highest BCUT2D eigenvalue weighted by atomic mass is 79.9.